The number of aromatic carboxylic acids is 1. The number of benzene rings is 2. The lowest BCUT2D eigenvalue weighted by Gasteiger charge is -2.13. The highest BCUT2D eigenvalue weighted by Gasteiger charge is 2.18. The number of carboxylic acid groups (broad SMARTS) is 1. The number of aryl methyl sites for hydroxylation is 1. The van der Waals surface area contributed by atoms with Gasteiger partial charge in [0.15, 0.2) is 0 Å². The number of carbonyl (C=O) groups is 1. The molecule has 2 aromatic carbocycles. The zero-order valence-corrected chi connectivity index (χ0v) is 14.4. The van der Waals surface area contributed by atoms with E-state index in [4.69, 9.17) is 0 Å². The van der Waals surface area contributed by atoms with Crippen LogP contribution in [0, 0.1) is 6.92 Å². The van der Waals surface area contributed by atoms with Gasteiger partial charge in [0.2, 0.25) is 0 Å². The van der Waals surface area contributed by atoms with Gasteiger partial charge in [-0.15, -0.1) is 0 Å². The van der Waals surface area contributed by atoms with E-state index in [1.165, 1.54) is 0 Å². The van der Waals surface area contributed by atoms with Crippen LogP contribution in [0.25, 0.3) is 5.69 Å². The third kappa shape index (κ3) is 3.58. The normalized spacial score (nSPS) is 11.3. The van der Waals surface area contributed by atoms with Gasteiger partial charge in [-0.3, -0.25) is 4.55 Å². The average molecular weight is 373 g/mol. The van der Waals surface area contributed by atoms with Crippen molar-refractivity contribution in [3.05, 3.63) is 65.9 Å². The first kappa shape index (κ1) is 17.6. The van der Waals surface area contributed by atoms with Crippen LogP contribution < -0.4 is 5.32 Å². The van der Waals surface area contributed by atoms with Gasteiger partial charge >= 0.3 is 5.97 Å². The summed E-state index contributed by atoms with van der Waals surface area (Å²) in [7, 11) is -4.47. The van der Waals surface area contributed by atoms with Crippen LogP contribution in [0.15, 0.2) is 59.5 Å². The Morgan fingerprint density at radius 3 is 2.42 bits per heavy atom. The Bertz CT molecular complexity index is 1080. The number of nitrogens with zero attached hydrogens (tertiary/aromatic N) is 2. The lowest BCUT2D eigenvalue weighted by molar-refractivity contribution is 0.0698. The maximum absolute atomic E-state index is 11.5. The minimum atomic E-state index is -4.47. The molecule has 0 aliphatic heterocycles. The van der Waals surface area contributed by atoms with Crippen molar-refractivity contribution in [1.82, 2.24) is 9.78 Å². The molecule has 0 unspecified atom stereocenters. The highest BCUT2D eigenvalue weighted by molar-refractivity contribution is 7.85. The van der Waals surface area contributed by atoms with Crippen molar-refractivity contribution in [2.24, 2.45) is 0 Å². The quantitative estimate of drug-likeness (QED) is 0.588. The molecule has 0 spiro atoms. The maximum atomic E-state index is 11.5. The van der Waals surface area contributed by atoms with Crippen LogP contribution in [0.1, 0.15) is 16.1 Å². The summed E-state index contributed by atoms with van der Waals surface area (Å²) in [6, 6.07) is 14.1. The van der Waals surface area contributed by atoms with E-state index in [2.05, 4.69) is 10.4 Å². The first-order valence-corrected chi connectivity index (χ1v) is 8.93. The molecule has 0 bridgehead atoms. The predicted octanol–water partition coefficient (Wildman–Crippen LogP) is 2.87. The van der Waals surface area contributed by atoms with Crippen molar-refractivity contribution in [2.45, 2.75) is 11.8 Å². The highest BCUT2D eigenvalue weighted by atomic mass is 32.2. The molecule has 0 saturated heterocycles. The van der Waals surface area contributed by atoms with Crippen molar-refractivity contribution in [2.75, 3.05) is 5.32 Å². The molecule has 3 N–H and O–H groups in total. The second-order valence-corrected chi connectivity index (χ2v) is 6.95. The van der Waals surface area contributed by atoms with Gasteiger partial charge < -0.3 is 10.4 Å². The smallest absolute Gasteiger partial charge is 0.337 e. The fourth-order valence-corrected chi connectivity index (χ4v) is 2.97. The Balaban J connectivity index is 2.11. The van der Waals surface area contributed by atoms with Crippen LogP contribution >= 0.6 is 0 Å². The Morgan fingerprint density at radius 1 is 1.12 bits per heavy atom. The molecule has 1 aromatic heterocycles. The number of rotatable bonds is 5. The van der Waals surface area contributed by atoms with Gasteiger partial charge in [0.25, 0.3) is 10.1 Å². The van der Waals surface area contributed by atoms with Gasteiger partial charge in [0, 0.05) is 6.07 Å². The summed E-state index contributed by atoms with van der Waals surface area (Å²) in [4.78, 5) is 11.0. The van der Waals surface area contributed by atoms with Crippen LogP contribution in [0.3, 0.4) is 0 Å². The fraction of sp³-hybridized carbons (Fsp3) is 0.0588. The standard InChI is InChI=1S/C17H15N3O5S/c1-11-9-16(20(19-11)12-5-3-2-4-6-12)18-15-10-13(26(23,24)25)7-8-14(15)17(21)22/h2-10,18H,1H3,(H,21,22)(H,23,24,25). The predicted molar refractivity (Wildman–Crippen MR) is 94.8 cm³/mol. The second-order valence-electron chi connectivity index (χ2n) is 5.53. The van der Waals surface area contributed by atoms with Gasteiger partial charge in [-0.2, -0.15) is 13.5 Å². The number of hydrogen-bond donors (Lipinski definition) is 3. The molecule has 9 heteroatoms. The lowest BCUT2D eigenvalue weighted by atomic mass is 10.2. The van der Waals surface area contributed by atoms with E-state index in [0.717, 1.165) is 23.9 Å². The van der Waals surface area contributed by atoms with Crippen LogP contribution in [-0.4, -0.2) is 33.8 Å². The Morgan fingerprint density at radius 2 is 1.81 bits per heavy atom. The van der Waals surface area contributed by atoms with Gasteiger partial charge in [0.1, 0.15) is 5.82 Å². The molecule has 134 valence electrons. The molecule has 8 nitrogen and oxygen atoms in total. The van der Waals surface area contributed by atoms with E-state index in [-0.39, 0.29) is 11.3 Å². The van der Waals surface area contributed by atoms with E-state index in [0.29, 0.717) is 11.5 Å². The Hall–Kier alpha value is -3.17. The molecule has 0 aliphatic rings. The highest BCUT2D eigenvalue weighted by Crippen LogP contribution is 2.26. The topological polar surface area (TPSA) is 122 Å². The Kier molecular flexibility index (Phi) is 4.49. The number of nitrogens with one attached hydrogen (secondary N) is 1. The van der Waals surface area contributed by atoms with Gasteiger partial charge in [-0.1, -0.05) is 18.2 Å². The molecule has 0 radical (unpaired) electrons. The lowest BCUT2D eigenvalue weighted by Crippen LogP contribution is -2.08. The van der Waals surface area contributed by atoms with Crippen LogP contribution in [0.5, 0.6) is 0 Å². The van der Waals surface area contributed by atoms with Crippen LogP contribution in [0.2, 0.25) is 0 Å². The van der Waals surface area contributed by atoms with Gasteiger partial charge in [-0.05, 0) is 37.3 Å². The number of para-hydroxylation sites is 1. The molecule has 3 aromatic rings. The van der Waals surface area contributed by atoms with Crippen molar-refractivity contribution < 1.29 is 22.9 Å². The molecule has 0 atom stereocenters. The SMILES string of the molecule is Cc1cc(Nc2cc(S(=O)(=O)O)ccc2C(=O)O)n(-c2ccccc2)n1. The summed E-state index contributed by atoms with van der Waals surface area (Å²) in [5, 5.41) is 16.6. The molecule has 0 amide bonds. The first-order chi connectivity index (χ1) is 12.3. The molecule has 3 rings (SSSR count). The fourth-order valence-electron chi connectivity index (χ4n) is 2.47. The molecular weight excluding hydrogens is 358 g/mol. The van der Waals surface area contributed by atoms with E-state index in [1.54, 1.807) is 17.7 Å². The third-order valence-electron chi connectivity index (χ3n) is 3.61. The van der Waals surface area contributed by atoms with Crippen LogP contribution in [-0.2, 0) is 10.1 Å². The van der Waals surface area contributed by atoms with Crippen molar-refractivity contribution in [1.29, 1.82) is 0 Å². The van der Waals surface area contributed by atoms with E-state index < -0.39 is 21.0 Å². The summed E-state index contributed by atoms with van der Waals surface area (Å²) in [5.74, 6) is -0.791. The number of hydrogen-bond acceptors (Lipinski definition) is 5. The molecule has 0 fully saturated rings. The van der Waals surface area contributed by atoms with E-state index in [9.17, 15) is 22.9 Å². The summed E-state index contributed by atoms with van der Waals surface area (Å²) >= 11 is 0. The van der Waals surface area contributed by atoms with E-state index >= 15 is 0 Å². The number of anilines is 2. The zero-order valence-electron chi connectivity index (χ0n) is 13.6. The summed E-state index contributed by atoms with van der Waals surface area (Å²) < 4.78 is 33.5. The maximum Gasteiger partial charge on any atom is 0.337 e. The first-order valence-electron chi connectivity index (χ1n) is 7.49. The van der Waals surface area contributed by atoms with Crippen molar-refractivity contribution in [3.63, 3.8) is 0 Å². The van der Waals surface area contributed by atoms with Gasteiger partial charge in [-0.25, -0.2) is 9.48 Å². The van der Waals surface area contributed by atoms with Crippen molar-refractivity contribution >= 4 is 27.6 Å². The molecule has 0 saturated carbocycles. The average Bonchev–Trinajstić information content (AvgIpc) is 2.95. The zero-order chi connectivity index (χ0) is 18.9. The molecule has 26 heavy (non-hydrogen) atoms. The Labute approximate surface area is 149 Å². The minimum Gasteiger partial charge on any atom is -0.478 e. The van der Waals surface area contributed by atoms with E-state index in [1.807, 2.05) is 30.3 Å². The monoisotopic (exact) mass is 373 g/mol. The summed E-state index contributed by atoms with van der Waals surface area (Å²) in [6.07, 6.45) is 0. The summed E-state index contributed by atoms with van der Waals surface area (Å²) in [5.41, 5.74) is 1.30. The third-order valence-corrected chi connectivity index (χ3v) is 4.46. The second kappa shape index (κ2) is 6.62. The van der Waals surface area contributed by atoms with Gasteiger partial charge in [0.05, 0.1) is 27.5 Å². The van der Waals surface area contributed by atoms with Crippen molar-refractivity contribution in [3.8, 4) is 5.69 Å². The largest absolute Gasteiger partial charge is 0.478 e. The number of aromatic nitrogens is 2. The molecule has 1 heterocycles. The number of carboxylic acids is 1. The molecule has 0 aliphatic carbocycles. The molecular formula is C17H15N3O5S. The van der Waals surface area contributed by atoms with Crippen LogP contribution in [0.4, 0.5) is 11.5 Å². The minimum absolute atomic E-state index is 0.0182. The summed E-state index contributed by atoms with van der Waals surface area (Å²) in [6.45, 7) is 1.78.